The SMILES string of the molecule is CCc1cc(Br)ccc1NC(=O)c1ccc2cn[nH]c2c1. The number of hydrogen-bond donors (Lipinski definition) is 2. The Kier molecular flexibility index (Phi) is 3.75. The Bertz CT molecular complexity index is 810. The van der Waals surface area contributed by atoms with Crippen LogP contribution in [-0.2, 0) is 6.42 Å². The molecule has 0 saturated heterocycles. The summed E-state index contributed by atoms with van der Waals surface area (Å²) in [5.41, 5.74) is 3.40. The molecule has 3 aromatic rings. The fourth-order valence-corrected chi connectivity index (χ4v) is 2.66. The van der Waals surface area contributed by atoms with Gasteiger partial charge < -0.3 is 5.32 Å². The van der Waals surface area contributed by atoms with Crippen LogP contribution in [0.5, 0.6) is 0 Å². The van der Waals surface area contributed by atoms with E-state index in [9.17, 15) is 4.79 Å². The zero-order valence-electron chi connectivity index (χ0n) is 11.5. The van der Waals surface area contributed by atoms with Gasteiger partial charge in [0.05, 0.1) is 11.7 Å². The van der Waals surface area contributed by atoms with Crippen LogP contribution in [0.1, 0.15) is 22.8 Å². The van der Waals surface area contributed by atoms with Gasteiger partial charge in [-0.2, -0.15) is 5.10 Å². The molecule has 5 heteroatoms. The topological polar surface area (TPSA) is 57.8 Å². The number of rotatable bonds is 3. The fraction of sp³-hybridized carbons (Fsp3) is 0.125. The van der Waals surface area contributed by atoms with E-state index in [0.29, 0.717) is 5.56 Å². The smallest absolute Gasteiger partial charge is 0.255 e. The van der Waals surface area contributed by atoms with E-state index >= 15 is 0 Å². The van der Waals surface area contributed by atoms with Crippen LogP contribution in [0.3, 0.4) is 0 Å². The van der Waals surface area contributed by atoms with Crippen LogP contribution in [0.15, 0.2) is 47.1 Å². The van der Waals surface area contributed by atoms with Crippen molar-refractivity contribution >= 4 is 38.4 Å². The summed E-state index contributed by atoms with van der Waals surface area (Å²) in [6.45, 7) is 2.06. The summed E-state index contributed by atoms with van der Waals surface area (Å²) >= 11 is 3.45. The average molecular weight is 344 g/mol. The molecule has 0 fully saturated rings. The third kappa shape index (κ3) is 2.83. The minimum absolute atomic E-state index is 0.122. The summed E-state index contributed by atoms with van der Waals surface area (Å²) in [7, 11) is 0. The number of halogens is 1. The van der Waals surface area contributed by atoms with Gasteiger partial charge in [-0.1, -0.05) is 28.9 Å². The molecular weight excluding hydrogens is 330 g/mol. The molecule has 1 amide bonds. The molecule has 0 aliphatic rings. The van der Waals surface area contributed by atoms with Gasteiger partial charge in [0, 0.05) is 21.1 Å². The molecular formula is C16H14BrN3O. The van der Waals surface area contributed by atoms with E-state index in [1.165, 1.54) is 0 Å². The number of nitrogens with one attached hydrogen (secondary N) is 2. The molecule has 0 radical (unpaired) electrons. The second-order valence-corrected chi connectivity index (χ2v) is 5.70. The Hall–Kier alpha value is -2.14. The predicted octanol–water partition coefficient (Wildman–Crippen LogP) is 4.14. The number of aromatic nitrogens is 2. The molecule has 0 atom stereocenters. The van der Waals surface area contributed by atoms with Crippen LogP contribution in [0.2, 0.25) is 0 Å². The number of fused-ring (bicyclic) bond motifs is 1. The van der Waals surface area contributed by atoms with E-state index in [1.807, 2.05) is 30.3 Å². The number of amides is 1. The first-order chi connectivity index (χ1) is 10.2. The predicted molar refractivity (Wildman–Crippen MR) is 87.6 cm³/mol. The summed E-state index contributed by atoms with van der Waals surface area (Å²) in [6, 6.07) is 11.4. The van der Waals surface area contributed by atoms with E-state index in [1.54, 1.807) is 12.3 Å². The maximum absolute atomic E-state index is 12.4. The highest BCUT2D eigenvalue weighted by Gasteiger charge is 2.10. The largest absolute Gasteiger partial charge is 0.322 e. The summed E-state index contributed by atoms with van der Waals surface area (Å²) in [4.78, 5) is 12.4. The molecule has 0 aliphatic heterocycles. The van der Waals surface area contributed by atoms with Gasteiger partial charge >= 0.3 is 0 Å². The summed E-state index contributed by atoms with van der Waals surface area (Å²) in [5.74, 6) is -0.122. The molecule has 1 heterocycles. The fourth-order valence-electron chi connectivity index (χ4n) is 2.25. The Morgan fingerprint density at radius 2 is 2.14 bits per heavy atom. The van der Waals surface area contributed by atoms with E-state index in [-0.39, 0.29) is 5.91 Å². The summed E-state index contributed by atoms with van der Waals surface area (Å²) in [5, 5.41) is 10.8. The van der Waals surface area contributed by atoms with E-state index in [0.717, 1.165) is 33.0 Å². The second kappa shape index (κ2) is 5.69. The van der Waals surface area contributed by atoms with Crippen molar-refractivity contribution in [3.05, 3.63) is 58.2 Å². The lowest BCUT2D eigenvalue weighted by molar-refractivity contribution is 0.102. The Morgan fingerprint density at radius 3 is 2.95 bits per heavy atom. The minimum atomic E-state index is -0.122. The quantitative estimate of drug-likeness (QED) is 0.750. The van der Waals surface area contributed by atoms with Crippen molar-refractivity contribution < 1.29 is 4.79 Å². The number of anilines is 1. The van der Waals surface area contributed by atoms with Crippen molar-refractivity contribution in [1.29, 1.82) is 0 Å². The van der Waals surface area contributed by atoms with Gasteiger partial charge in [-0.05, 0) is 42.3 Å². The number of H-pyrrole nitrogens is 1. The molecule has 3 rings (SSSR count). The van der Waals surface area contributed by atoms with Gasteiger partial charge in [0.15, 0.2) is 0 Å². The molecule has 0 unspecified atom stereocenters. The van der Waals surface area contributed by atoms with Crippen molar-refractivity contribution in [2.45, 2.75) is 13.3 Å². The van der Waals surface area contributed by atoms with E-state index in [2.05, 4.69) is 38.4 Å². The van der Waals surface area contributed by atoms with Crippen molar-refractivity contribution in [2.24, 2.45) is 0 Å². The van der Waals surface area contributed by atoms with Gasteiger partial charge in [-0.15, -0.1) is 0 Å². The first-order valence-corrected chi connectivity index (χ1v) is 7.49. The Balaban J connectivity index is 1.88. The highest BCUT2D eigenvalue weighted by atomic mass is 79.9. The number of hydrogen-bond acceptors (Lipinski definition) is 2. The molecule has 4 nitrogen and oxygen atoms in total. The van der Waals surface area contributed by atoms with Crippen LogP contribution in [-0.4, -0.2) is 16.1 Å². The third-order valence-corrected chi connectivity index (χ3v) is 3.89. The number of nitrogens with zero attached hydrogens (tertiary/aromatic N) is 1. The molecule has 0 aliphatic carbocycles. The standard InChI is InChI=1S/C16H14BrN3O/c1-2-10-7-13(17)5-6-14(10)19-16(21)11-3-4-12-9-18-20-15(12)8-11/h3-9H,2H2,1H3,(H,18,20)(H,19,21). The third-order valence-electron chi connectivity index (χ3n) is 3.40. The monoisotopic (exact) mass is 343 g/mol. The zero-order chi connectivity index (χ0) is 14.8. The van der Waals surface area contributed by atoms with Crippen LogP contribution in [0, 0.1) is 0 Å². The van der Waals surface area contributed by atoms with E-state index in [4.69, 9.17) is 0 Å². The van der Waals surface area contributed by atoms with Gasteiger partial charge in [-0.25, -0.2) is 0 Å². The Morgan fingerprint density at radius 1 is 1.29 bits per heavy atom. The molecule has 0 saturated carbocycles. The highest BCUT2D eigenvalue weighted by Crippen LogP contribution is 2.22. The number of carbonyl (C=O) groups excluding carboxylic acids is 1. The Labute approximate surface area is 130 Å². The van der Waals surface area contributed by atoms with Crippen molar-refractivity contribution in [3.63, 3.8) is 0 Å². The van der Waals surface area contributed by atoms with Crippen molar-refractivity contribution in [3.8, 4) is 0 Å². The van der Waals surface area contributed by atoms with Gasteiger partial charge in [0.2, 0.25) is 0 Å². The lowest BCUT2D eigenvalue weighted by Crippen LogP contribution is -2.13. The second-order valence-electron chi connectivity index (χ2n) is 4.78. The lowest BCUT2D eigenvalue weighted by atomic mass is 10.1. The van der Waals surface area contributed by atoms with E-state index < -0.39 is 0 Å². The van der Waals surface area contributed by atoms with Crippen molar-refractivity contribution in [2.75, 3.05) is 5.32 Å². The zero-order valence-corrected chi connectivity index (χ0v) is 13.1. The van der Waals surface area contributed by atoms with Gasteiger partial charge in [0.25, 0.3) is 5.91 Å². The molecule has 0 spiro atoms. The normalized spacial score (nSPS) is 10.8. The molecule has 2 aromatic carbocycles. The molecule has 1 aromatic heterocycles. The molecule has 2 N–H and O–H groups in total. The maximum Gasteiger partial charge on any atom is 0.255 e. The van der Waals surface area contributed by atoms with Crippen LogP contribution >= 0.6 is 15.9 Å². The lowest BCUT2D eigenvalue weighted by Gasteiger charge is -2.10. The number of carbonyl (C=O) groups is 1. The highest BCUT2D eigenvalue weighted by molar-refractivity contribution is 9.10. The maximum atomic E-state index is 12.4. The van der Waals surface area contributed by atoms with Crippen LogP contribution in [0.25, 0.3) is 10.9 Å². The average Bonchev–Trinajstić information content (AvgIpc) is 2.96. The van der Waals surface area contributed by atoms with Gasteiger partial charge in [-0.3, -0.25) is 9.89 Å². The van der Waals surface area contributed by atoms with Gasteiger partial charge in [0.1, 0.15) is 0 Å². The number of benzene rings is 2. The number of aromatic amines is 1. The minimum Gasteiger partial charge on any atom is -0.322 e. The molecule has 21 heavy (non-hydrogen) atoms. The summed E-state index contributed by atoms with van der Waals surface area (Å²) < 4.78 is 1.01. The molecule has 0 bridgehead atoms. The van der Waals surface area contributed by atoms with Crippen molar-refractivity contribution in [1.82, 2.24) is 10.2 Å². The number of aryl methyl sites for hydroxylation is 1. The first-order valence-electron chi connectivity index (χ1n) is 6.70. The first kappa shape index (κ1) is 13.8. The van der Waals surface area contributed by atoms with Crippen LogP contribution in [0.4, 0.5) is 5.69 Å². The van der Waals surface area contributed by atoms with Crippen LogP contribution < -0.4 is 5.32 Å². The molecule has 106 valence electrons. The summed E-state index contributed by atoms with van der Waals surface area (Å²) in [6.07, 6.45) is 2.59.